The average molecular weight is 445 g/mol. The van der Waals surface area contributed by atoms with Crippen LogP contribution >= 0.6 is 11.3 Å². The van der Waals surface area contributed by atoms with Crippen molar-refractivity contribution in [3.05, 3.63) is 76.0 Å². The van der Waals surface area contributed by atoms with Gasteiger partial charge in [-0.05, 0) is 54.8 Å². The van der Waals surface area contributed by atoms with E-state index >= 15 is 0 Å². The van der Waals surface area contributed by atoms with Crippen LogP contribution in [0.15, 0.2) is 64.9 Å². The van der Waals surface area contributed by atoms with Crippen LogP contribution in [0.25, 0.3) is 0 Å². The molecule has 3 aromatic rings. The molecule has 0 unspecified atom stereocenters. The summed E-state index contributed by atoms with van der Waals surface area (Å²) in [4.78, 5) is 24.7. The smallest absolute Gasteiger partial charge is 0.337 e. The number of methoxy groups -OCH3 is 1. The summed E-state index contributed by atoms with van der Waals surface area (Å²) in [5.74, 6) is -0.923. The largest absolute Gasteiger partial charge is 0.465 e. The van der Waals surface area contributed by atoms with Crippen LogP contribution in [0, 0.1) is 6.92 Å². The highest BCUT2D eigenvalue weighted by atomic mass is 32.2. The molecule has 1 amide bonds. The van der Waals surface area contributed by atoms with E-state index in [2.05, 4.69) is 10.1 Å². The number of benzene rings is 2. The van der Waals surface area contributed by atoms with E-state index in [4.69, 9.17) is 0 Å². The zero-order valence-electron chi connectivity index (χ0n) is 16.6. The molecule has 0 aliphatic heterocycles. The third-order valence-electron chi connectivity index (χ3n) is 4.43. The third kappa shape index (κ3) is 4.37. The van der Waals surface area contributed by atoms with Crippen LogP contribution in [0.2, 0.25) is 0 Å². The number of amides is 1. The molecule has 0 saturated carbocycles. The van der Waals surface area contributed by atoms with Gasteiger partial charge in [-0.1, -0.05) is 17.7 Å². The molecule has 2 aromatic carbocycles. The van der Waals surface area contributed by atoms with Gasteiger partial charge in [0.05, 0.1) is 23.3 Å². The molecule has 7 nitrogen and oxygen atoms in total. The maximum Gasteiger partial charge on any atom is 0.337 e. The lowest BCUT2D eigenvalue weighted by molar-refractivity contribution is 0.0600. The van der Waals surface area contributed by atoms with E-state index in [1.165, 1.54) is 38.4 Å². The Bertz CT molecular complexity index is 1170. The van der Waals surface area contributed by atoms with Crippen LogP contribution in [0.5, 0.6) is 0 Å². The average Bonchev–Trinajstić information content (AvgIpc) is 3.23. The molecule has 9 heteroatoms. The van der Waals surface area contributed by atoms with Gasteiger partial charge in [-0.3, -0.25) is 9.10 Å². The number of hydrogen-bond donors (Lipinski definition) is 1. The van der Waals surface area contributed by atoms with Crippen molar-refractivity contribution >= 4 is 44.6 Å². The highest BCUT2D eigenvalue weighted by Gasteiger charge is 2.26. The molecule has 1 aromatic heterocycles. The van der Waals surface area contributed by atoms with Crippen molar-refractivity contribution in [2.24, 2.45) is 0 Å². The molecule has 0 radical (unpaired) electrons. The lowest BCUT2D eigenvalue weighted by atomic mass is 10.2. The quantitative estimate of drug-likeness (QED) is 0.582. The van der Waals surface area contributed by atoms with Gasteiger partial charge in [0.25, 0.3) is 15.9 Å². The first kappa shape index (κ1) is 21.5. The maximum absolute atomic E-state index is 13.0. The van der Waals surface area contributed by atoms with E-state index in [1.807, 2.05) is 6.92 Å². The number of aryl methyl sites for hydroxylation is 1. The number of rotatable bonds is 6. The summed E-state index contributed by atoms with van der Waals surface area (Å²) >= 11 is 1.14. The summed E-state index contributed by atoms with van der Waals surface area (Å²) in [5.41, 5.74) is 2.06. The second kappa shape index (κ2) is 8.68. The minimum absolute atomic E-state index is 0.145. The van der Waals surface area contributed by atoms with Gasteiger partial charge in [0.1, 0.15) is 4.88 Å². The van der Waals surface area contributed by atoms with Gasteiger partial charge in [-0.25, -0.2) is 13.2 Å². The van der Waals surface area contributed by atoms with Crippen LogP contribution in [0.4, 0.5) is 11.4 Å². The summed E-state index contributed by atoms with van der Waals surface area (Å²) in [6, 6.07) is 14.3. The van der Waals surface area contributed by atoms with Crippen molar-refractivity contribution < 1.29 is 22.7 Å². The lowest BCUT2D eigenvalue weighted by Crippen LogP contribution is -2.28. The summed E-state index contributed by atoms with van der Waals surface area (Å²) in [6.45, 7) is 1.87. The van der Waals surface area contributed by atoms with Crippen LogP contribution in [-0.2, 0) is 14.8 Å². The Morgan fingerprint density at radius 1 is 1.00 bits per heavy atom. The number of carbonyl (C=O) groups is 2. The van der Waals surface area contributed by atoms with Gasteiger partial charge in [0.2, 0.25) is 0 Å². The normalized spacial score (nSPS) is 11.0. The zero-order chi connectivity index (χ0) is 21.9. The molecular formula is C21H20N2O5S2. The number of esters is 1. The number of thiophene rings is 1. The predicted octanol–water partition coefficient (Wildman–Crippen LogP) is 3.92. The van der Waals surface area contributed by atoms with Gasteiger partial charge < -0.3 is 10.1 Å². The predicted molar refractivity (Wildman–Crippen MR) is 117 cm³/mol. The van der Waals surface area contributed by atoms with E-state index < -0.39 is 21.9 Å². The monoisotopic (exact) mass is 444 g/mol. The Hall–Kier alpha value is -3.17. The van der Waals surface area contributed by atoms with Gasteiger partial charge in [0.15, 0.2) is 0 Å². The van der Waals surface area contributed by atoms with E-state index in [0.29, 0.717) is 11.3 Å². The minimum atomic E-state index is -3.82. The van der Waals surface area contributed by atoms with E-state index in [-0.39, 0.29) is 15.5 Å². The molecule has 0 fully saturated rings. The van der Waals surface area contributed by atoms with Crippen molar-refractivity contribution in [3.8, 4) is 0 Å². The summed E-state index contributed by atoms with van der Waals surface area (Å²) in [6.07, 6.45) is 0. The summed E-state index contributed by atoms with van der Waals surface area (Å²) in [7, 11) is -1.11. The Morgan fingerprint density at radius 2 is 1.63 bits per heavy atom. The van der Waals surface area contributed by atoms with Gasteiger partial charge in [-0.15, -0.1) is 11.3 Å². The second-order valence-electron chi connectivity index (χ2n) is 6.44. The van der Waals surface area contributed by atoms with Crippen LogP contribution < -0.4 is 9.62 Å². The minimum Gasteiger partial charge on any atom is -0.465 e. The molecule has 0 spiro atoms. The fourth-order valence-corrected chi connectivity index (χ4v) is 4.80. The molecule has 0 bridgehead atoms. The maximum atomic E-state index is 13.0. The highest BCUT2D eigenvalue weighted by Crippen LogP contribution is 2.30. The molecule has 0 aliphatic rings. The Labute approximate surface area is 179 Å². The SMILES string of the molecule is COC(=O)c1ccc(NC(=O)c2sccc2N(C)S(=O)(=O)c2ccc(C)cc2)cc1. The second-order valence-corrected chi connectivity index (χ2v) is 9.33. The van der Waals surface area contributed by atoms with Crippen molar-refractivity contribution in [2.75, 3.05) is 23.8 Å². The Balaban J connectivity index is 1.82. The molecule has 0 saturated heterocycles. The summed E-state index contributed by atoms with van der Waals surface area (Å²) < 4.78 is 31.7. The molecule has 156 valence electrons. The van der Waals surface area contributed by atoms with E-state index in [1.54, 1.807) is 35.7 Å². The standard InChI is InChI=1S/C21H20N2O5S2/c1-14-4-10-17(11-5-14)30(26,27)23(2)18-12-13-29-19(18)20(24)22-16-8-6-15(7-9-16)21(25)28-3/h4-13H,1-3H3,(H,22,24). The van der Waals surface area contributed by atoms with Gasteiger partial charge in [-0.2, -0.15) is 0 Å². The van der Waals surface area contributed by atoms with Gasteiger partial charge >= 0.3 is 5.97 Å². The van der Waals surface area contributed by atoms with E-state index in [0.717, 1.165) is 21.2 Å². The first-order valence-electron chi connectivity index (χ1n) is 8.87. The third-order valence-corrected chi connectivity index (χ3v) is 7.12. The molecule has 0 aliphatic carbocycles. The summed E-state index contributed by atoms with van der Waals surface area (Å²) in [5, 5.41) is 4.38. The first-order chi connectivity index (χ1) is 14.2. The first-order valence-corrected chi connectivity index (χ1v) is 11.2. The lowest BCUT2D eigenvalue weighted by Gasteiger charge is -2.20. The molecule has 1 heterocycles. The fraction of sp³-hybridized carbons (Fsp3) is 0.143. The van der Waals surface area contributed by atoms with Crippen LogP contribution in [0.3, 0.4) is 0 Å². The van der Waals surface area contributed by atoms with Crippen molar-refractivity contribution in [2.45, 2.75) is 11.8 Å². The van der Waals surface area contributed by atoms with Gasteiger partial charge in [0, 0.05) is 12.7 Å². The highest BCUT2D eigenvalue weighted by molar-refractivity contribution is 7.92. The number of hydrogen-bond acceptors (Lipinski definition) is 6. The fourth-order valence-electron chi connectivity index (χ4n) is 2.71. The van der Waals surface area contributed by atoms with Crippen LogP contribution in [-0.4, -0.2) is 34.5 Å². The van der Waals surface area contributed by atoms with Crippen molar-refractivity contribution in [1.82, 2.24) is 0 Å². The number of ether oxygens (including phenoxy) is 1. The number of nitrogens with one attached hydrogen (secondary N) is 1. The van der Waals surface area contributed by atoms with E-state index in [9.17, 15) is 18.0 Å². The van der Waals surface area contributed by atoms with Crippen LogP contribution in [0.1, 0.15) is 25.6 Å². The Kier molecular flexibility index (Phi) is 6.23. The number of nitrogens with zero attached hydrogens (tertiary/aromatic N) is 1. The molecule has 1 N–H and O–H groups in total. The number of carbonyl (C=O) groups excluding carboxylic acids is 2. The molecule has 0 atom stereocenters. The number of sulfonamides is 1. The van der Waals surface area contributed by atoms with Crippen molar-refractivity contribution in [3.63, 3.8) is 0 Å². The zero-order valence-corrected chi connectivity index (χ0v) is 18.2. The van der Waals surface area contributed by atoms with Crippen molar-refractivity contribution in [1.29, 1.82) is 0 Å². The topological polar surface area (TPSA) is 92.8 Å². The molecular weight excluding hydrogens is 424 g/mol. The number of anilines is 2. The Morgan fingerprint density at radius 3 is 2.23 bits per heavy atom. The molecule has 30 heavy (non-hydrogen) atoms. The molecule has 3 rings (SSSR count).